The number of nitrogens with zero attached hydrogens (tertiary/aromatic N) is 2. The monoisotopic (exact) mass is 467 g/mol. The SMILES string of the molecule is CC(C)Oc1cc(CN2CCC(Nc3nc4ccc(C(=O)O)cc4o3)CC2)cc(OC(C)C)c1. The molecule has 0 atom stereocenters. The first-order valence-electron chi connectivity index (χ1n) is 11.8. The van der Waals surface area contributed by atoms with E-state index >= 15 is 0 Å². The number of aromatic carboxylic acids is 1. The number of carbonyl (C=O) groups is 1. The van der Waals surface area contributed by atoms with E-state index in [9.17, 15) is 4.79 Å². The fourth-order valence-corrected chi connectivity index (χ4v) is 4.19. The molecule has 0 amide bonds. The Morgan fingerprint density at radius 3 is 2.32 bits per heavy atom. The number of anilines is 1. The Morgan fingerprint density at radius 2 is 1.74 bits per heavy atom. The van der Waals surface area contributed by atoms with Crippen molar-refractivity contribution in [3.8, 4) is 11.5 Å². The number of rotatable bonds is 9. The maximum Gasteiger partial charge on any atom is 0.335 e. The van der Waals surface area contributed by atoms with Crippen molar-refractivity contribution in [1.82, 2.24) is 9.88 Å². The Kier molecular flexibility index (Phi) is 7.26. The highest BCUT2D eigenvalue weighted by molar-refractivity contribution is 5.92. The lowest BCUT2D eigenvalue weighted by atomic mass is 10.0. The first kappa shape index (κ1) is 23.9. The molecule has 2 N–H and O–H groups in total. The van der Waals surface area contributed by atoms with E-state index < -0.39 is 5.97 Å². The molecule has 4 rings (SSSR count). The number of piperidine rings is 1. The van der Waals surface area contributed by atoms with Gasteiger partial charge >= 0.3 is 5.97 Å². The molecule has 2 heterocycles. The molecule has 182 valence electrons. The number of ether oxygens (including phenoxy) is 2. The van der Waals surface area contributed by atoms with Gasteiger partial charge in [-0.05, 0) is 76.4 Å². The third kappa shape index (κ3) is 6.20. The number of likely N-dealkylation sites (tertiary alicyclic amines) is 1. The van der Waals surface area contributed by atoms with Gasteiger partial charge in [-0.3, -0.25) is 4.90 Å². The van der Waals surface area contributed by atoms with Gasteiger partial charge in [0.25, 0.3) is 6.01 Å². The molecule has 34 heavy (non-hydrogen) atoms. The van der Waals surface area contributed by atoms with Crippen molar-refractivity contribution >= 4 is 23.1 Å². The lowest BCUT2D eigenvalue weighted by Gasteiger charge is -2.32. The average molecular weight is 468 g/mol. The van der Waals surface area contributed by atoms with Crippen LogP contribution in [0, 0.1) is 0 Å². The van der Waals surface area contributed by atoms with Gasteiger partial charge in [0.1, 0.15) is 17.0 Å². The van der Waals surface area contributed by atoms with E-state index in [0.29, 0.717) is 17.1 Å². The van der Waals surface area contributed by atoms with Crippen molar-refractivity contribution in [1.29, 1.82) is 0 Å². The highest BCUT2D eigenvalue weighted by Crippen LogP contribution is 2.27. The molecule has 0 saturated carbocycles. The van der Waals surface area contributed by atoms with Crippen LogP contribution in [0.1, 0.15) is 56.5 Å². The number of benzene rings is 2. The van der Waals surface area contributed by atoms with E-state index in [1.54, 1.807) is 6.07 Å². The lowest BCUT2D eigenvalue weighted by molar-refractivity contribution is 0.0697. The molecule has 3 aromatic rings. The molecule has 1 aromatic heterocycles. The fourth-order valence-electron chi connectivity index (χ4n) is 4.19. The third-order valence-electron chi connectivity index (χ3n) is 5.64. The highest BCUT2D eigenvalue weighted by Gasteiger charge is 2.21. The molecule has 1 saturated heterocycles. The van der Waals surface area contributed by atoms with Crippen LogP contribution in [0.3, 0.4) is 0 Å². The molecule has 0 aliphatic carbocycles. The number of nitrogens with one attached hydrogen (secondary N) is 1. The summed E-state index contributed by atoms with van der Waals surface area (Å²) in [6.07, 6.45) is 2.12. The summed E-state index contributed by atoms with van der Waals surface area (Å²) in [5.74, 6) is 0.688. The predicted molar refractivity (Wildman–Crippen MR) is 131 cm³/mol. The summed E-state index contributed by atoms with van der Waals surface area (Å²) in [5, 5.41) is 12.5. The molecule has 1 aliphatic rings. The number of carboxylic acid groups (broad SMARTS) is 1. The summed E-state index contributed by atoms with van der Waals surface area (Å²) < 4.78 is 17.6. The zero-order valence-corrected chi connectivity index (χ0v) is 20.2. The normalized spacial score (nSPS) is 15.2. The molecular weight excluding hydrogens is 434 g/mol. The number of carboxylic acids is 1. The Balaban J connectivity index is 1.35. The zero-order chi connectivity index (χ0) is 24.2. The molecule has 8 nitrogen and oxygen atoms in total. The van der Waals surface area contributed by atoms with E-state index in [4.69, 9.17) is 19.0 Å². The van der Waals surface area contributed by atoms with Crippen LogP contribution in [-0.2, 0) is 6.54 Å². The Labute approximate surface area is 199 Å². The minimum Gasteiger partial charge on any atom is -0.491 e. The summed E-state index contributed by atoms with van der Waals surface area (Å²) in [5.41, 5.74) is 2.48. The first-order chi connectivity index (χ1) is 16.2. The standard InChI is InChI=1S/C26H33N3O5/c1-16(2)32-21-11-18(12-22(14-21)33-17(3)4)15-29-9-7-20(8-10-29)27-26-28-23-6-5-19(25(30)31)13-24(23)34-26/h5-6,11-14,16-17,20H,7-10,15H2,1-4H3,(H,27,28)(H,30,31). The van der Waals surface area contributed by atoms with Gasteiger partial charge in [0, 0.05) is 31.7 Å². The van der Waals surface area contributed by atoms with E-state index in [0.717, 1.165) is 44.0 Å². The summed E-state index contributed by atoms with van der Waals surface area (Å²) in [7, 11) is 0. The summed E-state index contributed by atoms with van der Waals surface area (Å²) >= 11 is 0. The van der Waals surface area contributed by atoms with Crippen LogP contribution >= 0.6 is 0 Å². The van der Waals surface area contributed by atoms with Gasteiger partial charge in [-0.25, -0.2) is 4.79 Å². The smallest absolute Gasteiger partial charge is 0.335 e. The quantitative estimate of drug-likeness (QED) is 0.444. The molecule has 0 radical (unpaired) electrons. The molecule has 0 unspecified atom stereocenters. The molecule has 1 aliphatic heterocycles. The molecule has 0 spiro atoms. The van der Waals surface area contributed by atoms with Crippen molar-refractivity contribution in [2.24, 2.45) is 0 Å². The minimum atomic E-state index is -0.982. The van der Waals surface area contributed by atoms with Crippen LogP contribution in [0.5, 0.6) is 11.5 Å². The third-order valence-corrected chi connectivity index (χ3v) is 5.64. The van der Waals surface area contributed by atoms with E-state index in [1.807, 2.05) is 33.8 Å². The second kappa shape index (κ2) is 10.3. The Bertz CT molecular complexity index is 1100. The van der Waals surface area contributed by atoms with Gasteiger partial charge in [0.15, 0.2) is 5.58 Å². The van der Waals surface area contributed by atoms with Crippen molar-refractivity contribution in [2.75, 3.05) is 18.4 Å². The van der Waals surface area contributed by atoms with Crippen LogP contribution in [0.25, 0.3) is 11.1 Å². The topological polar surface area (TPSA) is 97.1 Å². The lowest BCUT2D eigenvalue weighted by Crippen LogP contribution is -2.38. The second-order valence-corrected chi connectivity index (χ2v) is 9.35. The van der Waals surface area contributed by atoms with Crippen molar-refractivity contribution in [3.05, 3.63) is 47.5 Å². The van der Waals surface area contributed by atoms with Crippen molar-refractivity contribution in [2.45, 2.75) is 65.3 Å². The number of fused-ring (bicyclic) bond motifs is 1. The average Bonchev–Trinajstić information content (AvgIpc) is 3.15. The van der Waals surface area contributed by atoms with Crippen LogP contribution in [0.2, 0.25) is 0 Å². The van der Waals surface area contributed by atoms with Crippen molar-refractivity contribution in [3.63, 3.8) is 0 Å². The highest BCUT2D eigenvalue weighted by atomic mass is 16.5. The largest absolute Gasteiger partial charge is 0.491 e. The molecule has 1 fully saturated rings. The summed E-state index contributed by atoms with van der Waals surface area (Å²) in [4.78, 5) is 18.0. The minimum absolute atomic E-state index is 0.103. The maximum atomic E-state index is 11.2. The van der Waals surface area contributed by atoms with Gasteiger partial charge in [-0.1, -0.05) is 0 Å². The van der Waals surface area contributed by atoms with E-state index in [-0.39, 0.29) is 23.8 Å². The first-order valence-corrected chi connectivity index (χ1v) is 11.8. The van der Waals surface area contributed by atoms with Crippen molar-refractivity contribution < 1.29 is 23.8 Å². The molecular formula is C26H33N3O5. The molecule has 0 bridgehead atoms. The Hall–Kier alpha value is -3.26. The van der Waals surface area contributed by atoms with Gasteiger partial charge in [-0.15, -0.1) is 0 Å². The number of hydrogen-bond donors (Lipinski definition) is 2. The predicted octanol–water partition coefficient (Wildman–Crippen LogP) is 5.18. The van der Waals surface area contributed by atoms with E-state index in [2.05, 4.69) is 27.3 Å². The van der Waals surface area contributed by atoms with Gasteiger partial charge < -0.3 is 24.3 Å². The number of aromatic nitrogens is 1. The van der Waals surface area contributed by atoms with Gasteiger partial charge in [-0.2, -0.15) is 4.98 Å². The van der Waals surface area contributed by atoms with Gasteiger partial charge in [0.2, 0.25) is 0 Å². The van der Waals surface area contributed by atoms with Crippen LogP contribution in [0.4, 0.5) is 6.01 Å². The maximum absolute atomic E-state index is 11.2. The van der Waals surface area contributed by atoms with Gasteiger partial charge in [0.05, 0.1) is 17.8 Å². The van der Waals surface area contributed by atoms with E-state index in [1.165, 1.54) is 17.7 Å². The summed E-state index contributed by atoms with van der Waals surface area (Å²) in [6.45, 7) is 10.8. The number of hydrogen-bond acceptors (Lipinski definition) is 7. The van der Waals surface area contributed by atoms with Crippen LogP contribution in [0.15, 0.2) is 40.8 Å². The Morgan fingerprint density at radius 1 is 1.09 bits per heavy atom. The molecule has 8 heteroatoms. The zero-order valence-electron chi connectivity index (χ0n) is 20.2. The summed E-state index contributed by atoms with van der Waals surface area (Å²) in [6, 6.07) is 11.6. The van der Waals surface area contributed by atoms with Crippen LogP contribution < -0.4 is 14.8 Å². The number of oxazole rings is 1. The van der Waals surface area contributed by atoms with Crippen LogP contribution in [-0.4, -0.2) is 52.3 Å². The fraction of sp³-hybridized carbons (Fsp3) is 0.462. The second-order valence-electron chi connectivity index (χ2n) is 9.35. The molecule has 2 aromatic carbocycles.